The van der Waals surface area contributed by atoms with Gasteiger partial charge >= 0.3 is 0 Å². The Hall–Kier alpha value is -1.69. The third-order valence-corrected chi connectivity index (χ3v) is 4.50. The van der Waals surface area contributed by atoms with E-state index in [0.29, 0.717) is 5.88 Å². The largest absolute Gasteiger partial charge is 0.473 e. The van der Waals surface area contributed by atoms with Crippen LogP contribution in [0.15, 0.2) is 18.6 Å². The minimum atomic E-state index is 0.0196. The summed E-state index contributed by atoms with van der Waals surface area (Å²) in [5.74, 6) is 0.818. The van der Waals surface area contributed by atoms with Gasteiger partial charge in [-0.25, -0.2) is 4.98 Å². The molecule has 2 fully saturated rings. The molecule has 2 atom stereocenters. The van der Waals surface area contributed by atoms with Gasteiger partial charge in [0.1, 0.15) is 6.10 Å². The van der Waals surface area contributed by atoms with Crippen molar-refractivity contribution in [3.63, 3.8) is 0 Å². The standard InChI is InChI=1S/C16H23N3O3/c1-12-14(3-2-10-21-12)16(20)19-8-4-13(5-9-19)22-15-11-17-6-7-18-15/h6-7,11-14H,2-5,8-10H2,1H3/t12-,14+/m1/s1. The van der Waals surface area contributed by atoms with E-state index in [0.717, 1.165) is 45.4 Å². The lowest BCUT2D eigenvalue weighted by atomic mass is 9.93. The van der Waals surface area contributed by atoms with Crippen LogP contribution in [0.5, 0.6) is 5.88 Å². The van der Waals surface area contributed by atoms with Gasteiger partial charge in [-0.2, -0.15) is 0 Å². The second kappa shape index (κ2) is 7.05. The summed E-state index contributed by atoms with van der Waals surface area (Å²) >= 11 is 0. The third-order valence-electron chi connectivity index (χ3n) is 4.50. The molecule has 1 aromatic rings. The van der Waals surface area contributed by atoms with E-state index in [1.165, 1.54) is 0 Å². The predicted octanol–water partition coefficient (Wildman–Crippen LogP) is 1.66. The fourth-order valence-corrected chi connectivity index (χ4v) is 3.19. The molecule has 1 amide bonds. The van der Waals surface area contributed by atoms with Crippen LogP contribution in [-0.2, 0) is 9.53 Å². The van der Waals surface area contributed by atoms with Crippen molar-refractivity contribution in [1.82, 2.24) is 14.9 Å². The highest BCUT2D eigenvalue weighted by Gasteiger charge is 2.34. The highest BCUT2D eigenvalue weighted by atomic mass is 16.5. The molecule has 0 spiro atoms. The monoisotopic (exact) mass is 305 g/mol. The molecule has 3 heterocycles. The Morgan fingerprint density at radius 3 is 2.82 bits per heavy atom. The second-order valence-corrected chi connectivity index (χ2v) is 6.01. The summed E-state index contributed by atoms with van der Waals surface area (Å²) in [6, 6.07) is 0. The van der Waals surface area contributed by atoms with Crippen molar-refractivity contribution in [1.29, 1.82) is 0 Å². The molecule has 6 nitrogen and oxygen atoms in total. The number of carbonyl (C=O) groups excluding carboxylic acids is 1. The van der Waals surface area contributed by atoms with E-state index in [1.54, 1.807) is 18.6 Å². The highest BCUT2D eigenvalue weighted by Crippen LogP contribution is 2.25. The Kier molecular flexibility index (Phi) is 4.87. The number of hydrogen-bond donors (Lipinski definition) is 0. The number of carbonyl (C=O) groups is 1. The molecule has 0 saturated carbocycles. The normalized spacial score (nSPS) is 26.7. The van der Waals surface area contributed by atoms with Gasteiger partial charge in [0.05, 0.1) is 18.2 Å². The smallest absolute Gasteiger partial charge is 0.232 e. The molecule has 2 saturated heterocycles. The van der Waals surface area contributed by atoms with Gasteiger partial charge in [-0.3, -0.25) is 9.78 Å². The number of piperidine rings is 1. The molecule has 0 aliphatic carbocycles. The number of amides is 1. The van der Waals surface area contributed by atoms with Crippen LogP contribution in [0.2, 0.25) is 0 Å². The molecule has 1 aromatic heterocycles. The van der Waals surface area contributed by atoms with Crippen LogP contribution in [0.4, 0.5) is 0 Å². The number of rotatable bonds is 3. The van der Waals surface area contributed by atoms with E-state index >= 15 is 0 Å². The van der Waals surface area contributed by atoms with E-state index in [2.05, 4.69) is 9.97 Å². The van der Waals surface area contributed by atoms with E-state index in [9.17, 15) is 4.79 Å². The van der Waals surface area contributed by atoms with E-state index in [4.69, 9.17) is 9.47 Å². The molecular weight excluding hydrogens is 282 g/mol. The zero-order chi connectivity index (χ0) is 15.4. The summed E-state index contributed by atoms with van der Waals surface area (Å²) in [7, 11) is 0. The van der Waals surface area contributed by atoms with E-state index in [-0.39, 0.29) is 24.0 Å². The van der Waals surface area contributed by atoms with Crippen molar-refractivity contribution in [3.05, 3.63) is 18.6 Å². The first kappa shape index (κ1) is 15.2. The van der Waals surface area contributed by atoms with Gasteiger partial charge < -0.3 is 14.4 Å². The quantitative estimate of drug-likeness (QED) is 0.850. The summed E-state index contributed by atoms with van der Waals surface area (Å²) < 4.78 is 11.4. The first-order chi connectivity index (χ1) is 10.7. The molecule has 0 N–H and O–H groups in total. The maximum absolute atomic E-state index is 12.6. The van der Waals surface area contributed by atoms with Crippen LogP contribution >= 0.6 is 0 Å². The summed E-state index contributed by atoms with van der Waals surface area (Å²) in [6.45, 7) is 4.27. The first-order valence-electron chi connectivity index (χ1n) is 8.07. The zero-order valence-corrected chi connectivity index (χ0v) is 13.0. The number of likely N-dealkylation sites (tertiary alicyclic amines) is 1. The van der Waals surface area contributed by atoms with Crippen molar-refractivity contribution in [2.45, 2.75) is 44.8 Å². The minimum absolute atomic E-state index is 0.0196. The highest BCUT2D eigenvalue weighted by molar-refractivity contribution is 5.79. The summed E-state index contributed by atoms with van der Waals surface area (Å²) in [5, 5.41) is 0. The number of nitrogens with zero attached hydrogens (tertiary/aromatic N) is 3. The maximum Gasteiger partial charge on any atom is 0.232 e. The van der Waals surface area contributed by atoms with Crippen LogP contribution in [0.25, 0.3) is 0 Å². The zero-order valence-electron chi connectivity index (χ0n) is 13.0. The van der Waals surface area contributed by atoms with Crippen LogP contribution in [0.1, 0.15) is 32.6 Å². The van der Waals surface area contributed by atoms with Crippen LogP contribution < -0.4 is 4.74 Å². The molecule has 120 valence electrons. The van der Waals surface area contributed by atoms with Crippen molar-refractivity contribution in [2.24, 2.45) is 5.92 Å². The summed E-state index contributed by atoms with van der Waals surface area (Å²) in [4.78, 5) is 22.7. The molecule has 0 bridgehead atoms. The Bertz CT molecular complexity index is 489. The second-order valence-electron chi connectivity index (χ2n) is 6.01. The first-order valence-corrected chi connectivity index (χ1v) is 8.07. The van der Waals surface area contributed by atoms with Gasteiger partial charge in [-0.05, 0) is 19.8 Å². The number of ether oxygens (including phenoxy) is 2. The van der Waals surface area contributed by atoms with Crippen LogP contribution in [0, 0.1) is 5.92 Å². The maximum atomic E-state index is 12.6. The van der Waals surface area contributed by atoms with Gasteiger partial charge in [-0.1, -0.05) is 0 Å². The van der Waals surface area contributed by atoms with E-state index in [1.807, 2.05) is 11.8 Å². The van der Waals surface area contributed by atoms with E-state index < -0.39 is 0 Å². The lowest BCUT2D eigenvalue weighted by Gasteiger charge is -2.36. The van der Waals surface area contributed by atoms with Crippen molar-refractivity contribution < 1.29 is 14.3 Å². The summed E-state index contributed by atoms with van der Waals surface area (Å²) in [6.07, 6.45) is 8.62. The molecule has 2 aliphatic rings. The minimum Gasteiger partial charge on any atom is -0.473 e. The van der Waals surface area contributed by atoms with Gasteiger partial charge in [-0.15, -0.1) is 0 Å². The molecule has 3 rings (SSSR count). The molecule has 22 heavy (non-hydrogen) atoms. The Morgan fingerprint density at radius 2 is 2.14 bits per heavy atom. The van der Waals surface area contributed by atoms with Crippen LogP contribution in [0.3, 0.4) is 0 Å². The summed E-state index contributed by atoms with van der Waals surface area (Å²) in [5.41, 5.74) is 0. The number of hydrogen-bond acceptors (Lipinski definition) is 5. The van der Waals surface area contributed by atoms with Gasteiger partial charge in [0, 0.05) is 44.9 Å². The lowest BCUT2D eigenvalue weighted by Crippen LogP contribution is -2.47. The average Bonchev–Trinajstić information content (AvgIpc) is 2.56. The molecule has 2 aliphatic heterocycles. The fourth-order valence-electron chi connectivity index (χ4n) is 3.19. The molecule has 6 heteroatoms. The van der Waals surface area contributed by atoms with Gasteiger partial charge in [0.15, 0.2) is 0 Å². The Balaban J connectivity index is 1.50. The van der Waals surface area contributed by atoms with Crippen molar-refractivity contribution in [2.75, 3.05) is 19.7 Å². The molecule has 0 radical (unpaired) electrons. The molecule has 0 aromatic carbocycles. The number of aromatic nitrogens is 2. The SMILES string of the molecule is C[C@H]1OCCC[C@@H]1C(=O)N1CCC(Oc2cnccn2)CC1. The van der Waals surface area contributed by atoms with Crippen molar-refractivity contribution in [3.8, 4) is 5.88 Å². The molecule has 0 unspecified atom stereocenters. The lowest BCUT2D eigenvalue weighted by molar-refractivity contribution is -0.145. The Labute approximate surface area is 130 Å². The van der Waals surface area contributed by atoms with Gasteiger partial charge in [0.25, 0.3) is 0 Å². The van der Waals surface area contributed by atoms with Crippen molar-refractivity contribution >= 4 is 5.91 Å². The topological polar surface area (TPSA) is 64.5 Å². The predicted molar refractivity (Wildman–Crippen MR) is 80.4 cm³/mol. The third kappa shape index (κ3) is 3.55. The fraction of sp³-hybridized carbons (Fsp3) is 0.688. The van der Waals surface area contributed by atoms with Crippen LogP contribution in [-0.4, -0.2) is 52.7 Å². The Morgan fingerprint density at radius 1 is 1.32 bits per heavy atom. The molecular formula is C16H23N3O3. The van der Waals surface area contributed by atoms with Gasteiger partial charge in [0.2, 0.25) is 11.8 Å². The average molecular weight is 305 g/mol.